The van der Waals surface area contributed by atoms with Crippen LogP contribution in [0.4, 0.5) is 0 Å². The first-order valence-electron chi connectivity index (χ1n) is 6.26. The zero-order chi connectivity index (χ0) is 12.9. The van der Waals surface area contributed by atoms with Crippen molar-refractivity contribution >= 4 is 26.0 Å². The molecule has 2 unspecified atom stereocenters. The zero-order valence-electron chi connectivity index (χ0n) is 10.3. The molecule has 3 rings (SSSR count). The summed E-state index contributed by atoms with van der Waals surface area (Å²) in [5.41, 5.74) is 0.820. The maximum atomic E-state index is 12.7. The van der Waals surface area contributed by atoms with Gasteiger partial charge in [0.1, 0.15) is 0 Å². The second-order valence-electron chi connectivity index (χ2n) is 5.32. The molecule has 1 heterocycles. The average molecular weight is 330 g/mol. The Morgan fingerprint density at radius 2 is 2.11 bits per heavy atom. The van der Waals surface area contributed by atoms with Crippen molar-refractivity contribution in [2.75, 3.05) is 6.54 Å². The van der Waals surface area contributed by atoms with Gasteiger partial charge in [0.15, 0.2) is 0 Å². The predicted octanol–water partition coefficient (Wildman–Crippen LogP) is 2.93. The fraction of sp³-hybridized carbons (Fsp3) is 0.538. The molecule has 1 aliphatic carbocycles. The van der Waals surface area contributed by atoms with E-state index in [0.717, 1.165) is 22.9 Å². The number of rotatable bonds is 2. The molecule has 98 valence electrons. The first-order chi connectivity index (χ1) is 8.48. The minimum Gasteiger partial charge on any atom is -0.207 e. The number of nitrogens with zero attached hydrogens (tertiary/aromatic N) is 1. The summed E-state index contributed by atoms with van der Waals surface area (Å²) in [5.74, 6) is 0.581. The van der Waals surface area contributed by atoms with Crippen LogP contribution in [0.1, 0.15) is 24.8 Å². The van der Waals surface area contributed by atoms with Crippen LogP contribution in [0.15, 0.2) is 27.6 Å². The van der Waals surface area contributed by atoms with E-state index in [-0.39, 0.29) is 6.04 Å². The molecule has 2 bridgehead atoms. The lowest BCUT2D eigenvalue weighted by atomic mass is 10.1. The minimum absolute atomic E-state index is 0.235. The van der Waals surface area contributed by atoms with E-state index in [0.29, 0.717) is 17.4 Å². The Labute approximate surface area is 116 Å². The third-order valence-electron chi connectivity index (χ3n) is 4.10. The van der Waals surface area contributed by atoms with Crippen LogP contribution >= 0.6 is 15.9 Å². The molecular formula is C13H16BrNO2S. The number of sulfonamides is 1. The number of piperidine rings is 1. The quantitative estimate of drug-likeness (QED) is 0.836. The smallest absolute Gasteiger partial charge is 0.207 e. The Kier molecular flexibility index (Phi) is 3.03. The van der Waals surface area contributed by atoms with Crippen molar-refractivity contribution < 1.29 is 8.42 Å². The number of fused-ring (bicyclic) bond motifs is 2. The number of halogens is 1. The van der Waals surface area contributed by atoms with Crippen LogP contribution in [-0.4, -0.2) is 25.3 Å². The third kappa shape index (κ3) is 1.92. The Morgan fingerprint density at radius 1 is 1.33 bits per heavy atom. The van der Waals surface area contributed by atoms with E-state index in [2.05, 4.69) is 15.9 Å². The SMILES string of the molecule is Cc1ccc(Br)cc1S(=O)(=O)N1CC2CCC1C2. The molecule has 2 aliphatic rings. The maximum Gasteiger partial charge on any atom is 0.243 e. The molecule has 2 atom stereocenters. The van der Waals surface area contributed by atoms with Gasteiger partial charge in [-0.15, -0.1) is 0 Å². The lowest BCUT2D eigenvalue weighted by Gasteiger charge is -2.26. The van der Waals surface area contributed by atoms with Crippen LogP contribution < -0.4 is 0 Å². The van der Waals surface area contributed by atoms with Gasteiger partial charge in [0.25, 0.3) is 0 Å². The van der Waals surface area contributed by atoms with Crippen molar-refractivity contribution in [3.63, 3.8) is 0 Å². The number of hydrogen-bond acceptors (Lipinski definition) is 2. The van der Waals surface area contributed by atoms with Gasteiger partial charge in [0.2, 0.25) is 10.0 Å². The van der Waals surface area contributed by atoms with Crippen molar-refractivity contribution in [2.24, 2.45) is 5.92 Å². The zero-order valence-corrected chi connectivity index (χ0v) is 12.7. The molecular weight excluding hydrogens is 314 g/mol. The van der Waals surface area contributed by atoms with Gasteiger partial charge < -0.3 is 0 Å². The largest absolute Gasteiger partial charge is 0.243 e. The molecule has 0 amide bonds. The van der Waals surface area contributed by atoms with Crippen molar-refractivity contribution in [1.82, 2.24) is 4.31 Å². The lowest BCUT2D eigenvalue weighted by Crippen LogP contribution is -2.37. The van der Waals surface area contributed by atoms with E-state index in [9.17, 15) is 8.42 Å². The Hall–Kier alpha value is -0.390. The van der Waals surface area contributed by atoms with Crippen LogP contribution in [0.5, 0.6) is 0 Å². The standard InChI is InChI=1S/C13H16BrNO2S/c1-9-2-4-11(14)7-13(9)18(16,17)15-8-10-3-5-12(15)6-10/h2,4,7,10,12H,3,5-6,8H2,1H3. The van der Waals surface area contributed by atoms with Crippen molar-refractivity contribution in [1.29, 1.82) is 0 Å². The summed E-state index contributed by atoms with van der Waals surface area (Å²) in [6, 6.07) is 5.69. The molecule has 0 N–H and O–H groups in total. The van der Waals surface area contributed by atoms with E-state index >= 15 is 0 Å². The summed E-state index contributed by atoms with van der Waals surface area (Å²) < 4.78 is 27.9. The van der Waals surface area contributed by atoms with E-state index in [1.165, 1.54) is 6.42 Å². The lowest BCUT2D eigenvalue weighted by molar-refractivity contribution is 0.333. The Bertz CT molecular complexity index is 585. The molecule has 5 heteroatoms. The molecule has 2 fully saturated rings. The molecule has 0 radical (unpaired) electrons. The van der Waals surface area contributed by atoms with Crippen molar-refractivity contribution in [3.05, 3.63) is 28.2 Å². The summed E-state index contributed by atoms with van der Waals surface area (Å²) in [6.07, 6.45) is 3.26. The van der Waals surface area contributed by atoms with Crippen LogP contribution in [0.25, 0.3) is 0 Å². The number of hydrogen-bond donors (Lipinski definition) is 0. The predicted molar refractivity (Wildman–Crippen MR) is 73.9 cm³/mol. The molecule has 18 heavy (non-hydrogen) atoms. The number of benzene rings is 1. The molecule has 0 aromatic heterocycles. The van der Waals surface area contributed by atoms with Crippen molar-refractivity contribution in [2.45, 2.75) is 37.1 Å². The first-order valence-corrected chi connectivity index (χ1v) is 8.50. The topological polar surface area (TPSA) is 37.4 Å². The summed E-state index contributed by atoms with van der Waals surface area (Å²) in [7, 11) is -3.32. The van der Waals surface area contributed by atoms with E-state index < -0.39 is 10.0 Å². The second kappa shape index (κ2) is 4.32. The fourth-order valence-electron chi connectivity index (χ4n) is 3.15. The van der Waals surface area contributed by atoms with Crippen LogP contribution in [-0.2, 0) is 10.0 Å². The van der Waals surface area contributed by atoms with Crippen LogP contribution in [0, 0.1) is 12.8 Å². The highest BCUT2D eigenvalue weighted by atomic mass is 79.9. The highest BCUT2D eigenvalue weighted by molar-refractivity contribution is 9.10. The highest BCUT2D eigenvalue weighted by Gasteiger charge is 2.44. The third-order valence-corrected chi connectivity index (χ3v) is 6.65. The van der Waals surface area contributed by atoms with Crippen molar-refractivity contribution in [3.8, 4) is 0 Å². The van der Waals surface area contributed by atoms with Gasteiger partial charge in [0, 0.05) is 17.1 Å². The monoisotopic (exact) mass is 329 g/mol. The first kappa shape index (κ1) is 12.6. The molecule has 1 aliphatic heterocycles. The molecule has 0 spiro atoms. The molecule has 1 saturated carbocycles. The van der Waals surface area contributed by atoms with Crippen LogP contribution in [0.3, 0.4) is 0 Å². The van der Waals surface area contributed by atoms with Gasteiger partial charge in [0.05, 0.1) is 4.90 Å². The average Bonchev–Trinajstić information content (AvgIpc) is 2.94. The van der Waals surface area contributed by atoms with E-state index in [1.54, 1.807) is 10.4 Å². The molecule has 3 nitrogen and oxygen atoms in total. The Morgan fingerprint density at radius 3 is 2.72 bits per heavy atom. The normalized spacial score (nSPS) is 27.9. The molecule has 1 saturated heterocycles. The van der Waals surface area contributed by atoms with Crippen LogP contribution in [0.2, 0.25) is 0 Å². The molecule has 1 aromatic rings. The summed E-state index contributed by atoms with van der Waals surface area (Å²) in [6.45, 7) is 2.56. The number of aryl methyl sites for hydroxylation is 1. The van der Waals surface area contributed by atoms with Gasteiger partial charge in [-0.1, -0.05) is 22.0 Å². The Balaban J connectivity index is 2.02. The summed E-state index contributed by atoms with van der Waals surface area (Å²) in [4.78, 5) is 0.449. The minimum atomic E-state index is -3.32. The van der Waals surface area contributed by atoms with Gasteiger partial charge >= 0.3 is 0 Å². The second-order valence-corrected chi connectivity index (χ2v) is 8.09. The molecule has 1 aromatic carbocycles. The van der Waals surface area contributed by atoms with E-state index in [4.69, 9.17) is 0 Å². The van der Waals surface area contributed by atoms with Gasteiger partial charge in [-0.2, -0.15) is 4.31 Å². The van der Waals surface area contributed by atoms with Gasteiger partial charge in [-0.25, -0.2) is 8.42 Å². The summed E-state index contributed by atoms with van der Waals surface area (Å²) >= 11 is 3.36. The summed E-state index contributed by atoms with van der Waals surface area (Å²) in [5, 5.41) is 0. The van der Waals surface area contributed by atoms with Gasteiger partial charge in [-0.3, -0.25) is 0 Å². The van der Waals surface area contributed by atoms with E-state index in [1.807, 2.05) is 19.1 Å². The maximum absolute atomic E-state index is 12.7. The highest BCUT2D eigenvalue weighted by Crippen LogP contribution is 2.41. The van der Waals surface area contributed by atoms with Gasteiger partial charge in [-0.05, 0) is 49.8 Å². The fourth-order valence-corrected chi connectivity index (χ4v) is 5.66.